The first-order valence-electron chi connectivity index (χ1n) is 6.85. The van der Waals surface area contributed by atoms with Crippen molar-refractivity contribution in [3.05, 3.63) is 57.6 Å². The van der Waals surface area contributed by atoms with Gasteiger partial charge in [0.15, 0.2) is 0 Å². The van der Waals surface area contributed by atoms with Gasteiger partial charge in [0.2, 0.25) is 0 Å². The molecule has 0 saturated heterocycles. The van der Waals surface area contributed by atoms with E-state index in [1.165, 1.54) is 11.1 Å². The summed E-state index contributed by atoms with van der Waals surface area (Å²) >= 11 is 3.51. The van der Waals surface area contributed by atoms with Gasteiger partial charge in [-0.05, 0) is 48.2 Å². The number of para-hydroxylation sites is 1. The minimum absolute atomic E-state index is 0.219. The topological polar surface area (TPSA) is 45.0 Å². The fourth-order valence-electron chi connectivity index (χ4n) is 2.85. The molecule has 2 aromatic rings. The van der Waals surface area contributed by atoms with E-state index in [1.54, 1.807) is 7.11 Å². The van der Waals surface area contributed by atoms with E-state index in [2.05, 4.69) is 45.5 Å². The van der Waals surface area contributed by atoms with Crippen molar-refractivity contribution in [2.45, 2.75) is 18.9 Å². The summed E-state index contributed by atoms with van der Waals surface area (Å²) in [6, 6.07) is 14.3. The SMILES string of the molecule is COc1cccc(C#N)c1NC1CCc2cc(Br)ccc21. The Hall–Kier alpha value is -1.99. The molecule has 1 unspecified atom stereocenters. The third-order valence-corrected chi connectivity index (χ3v) is 4.36. The Morgan fingerprint density at radius 1 is 1.33 bits per heavy atom. The van der Waals surface area contributed by atoms with Crippen molar-refractivity contribution in [2.75, 3.05) is 12.4 Å². The molecule has 0 saturated carbocycles. The number of methoxy groups -OCH3 is 1. The van der Waals surface area contributed by atoms with E-state index in [9.17, 15) is 5.26 Å². The minimum Gasteiger partial charge on any atom is -0.495 e. The maximum absolute atomic E-state index is 9.29. The Morgan fingerprint density at radius 3 is 2.95 bits per heavy atom. The van der Waals surface area contributed by atoms with E-state index < -0.39 is 0 Å². The molecule has 0 aromatic heterocycles. The van der Waals surface area contributed by atoms with Crippen LogP contribution in [0.25, 0.3) is 0 Å². The number of aryl methyl sites for hydroxylation is 1. The molecular formula is C17H15BrN2O. The first-order valence-corrected chi connectivity index (χ1v) is 7.64. The standard InChI is InChI=1S/C17H15BrN2O/c1-21-16-4-2-3-12(10-19)17(16)20-15-8-5-11-9-13(18)6-7-14(11)15/h2-4,6-7,9,15,20H,5,8H2,1H3. The molecule has 106 valence electrons. The van der Waals surface area contributed by atoms with Gasteiger partial charge in [-0.2, -0.15) is 5.26 Å². The molecule has 0 bridgehead atoms. The second kappa shape index (κ2) is 5.79. The van der Waals surface area contributed by atoms with Crippen LogP contribution in [0.4, 0.5) is 5.69 Å². The van der Waals surface area contributed by atoms with E-state index in [1.807, 2.05) is 18.2 Å². The smallest absolute Gasteiger partial charge is 0.143 e. The number of nitrogens with zero attached hydrogens (tertiary/aromatic N) is 1. The van der Waals surface area contributed by atoms with E-state index in [0.717, 1.165) is 23.0 Å². The van der Waals surface area contributed by atoms with Crippen LogP contribution in [0.5, 0.6) is 5.75 Å². The third-order valence-electron chi connectivity index (χ3n) is 3.87. The van der Waals surface area contributed by atoms with Crippen molar-refractivity contribution < 1.29 is 4.74 Å². The molecule has 1 atom stereocenters. The normalized spacial score (nSPS) is 16.1. The number of nitrogens with one attached hydrogen (secondary N) is 1. The minimum atomic E-state index is 0.219. The number of nitriles is 1. The highest BCUT2D eigenvalue weighted by Gasteiger charge is 2.24. The summed E-state index contributed by atoms with van der Waals surface area (Å²) in [6.45, 7) is 0. The fourth-order valence-corrected chi connectivity index (χ4v) is 3.26. The highest BCUT2D eigenvalue weighted by Crippen LogP contribution is 2.38. The molecule has 3 rings (SSSR count). The zero-order valence-electron chi connectivity index (χ0n) is 11.7. The number of rotatable bonds is 3. The second-order valence-corrected chi connectivity index (χ2v) is 5.99. The predicted molar refractivity (Wildman–Crippen MR) is 86.5 cm³/mol. The number of hydrogen-bond donors (Lipinski definition) is 1. The molecule has 2 aromatic carbocycles. The maximum atomic E-state index is 9.29. The molecule has 1 aliphatic carbocycles. The summed E-state index contributed by atoms with van der Waals surface area (Å²) in [4.78, 5) is 0. The fraction of sp³-hybridized carbons (Fsp3) is 0.235. The lowest BCUT2D eigenvalue weighted by atomic mass is 10.1. The Kier molecular flexibility index (Phi) is 3.85. The van der Waals surface area contributed by atoms with Crippen LogP contribution in [-0.4, -0.2) is 7.11 Å². The molecule has 3 nitrogen and oxygen atoms in total. The highest BCUT2D eigenvalue weighted by molar-refractivity contribution is 9.10. The van der Waals surface area contributed by atoms with Crippen molar-refractivity contribution in [3.8, 4) is 11.8 Å². The summed E-state index contributed by atoms with van der Waals surface area (Å²) in [5, 5.41) is 12.8. The van der Waals surface area contributed by atoms with Crippen molar-refractivity contribution in [3.63, 3.8) is 0 Å². The maximum Gasteiger partial charge on any atom is 0.143 e. The van der Waals surface area contributed by atoms with Gasteiger partial charge in [-0.1, -0.05) is 28.1 Å². The van der Waals surface area contributed by atoms with E-state index in [0.29, 0.717) is 11.3 Å². The van der Waals surface area contributed by atoms with Crippen molar-refractivity contribution >= 4 is 21.6 Å². The second-order valence-electron chi connectivity index (χ2n) is 5.07. The molecule has 4 heteroatoms. The summed E-state index contributed by atoms with van der Waals surface area (Å²) in [5.41, 5.74) is 4.05. The van der Waals surface area contributed by atoms with Gasteiger partial charge in [0.1, 0.15) is 11.8 Å². The number of ether oxygens (including phenoxy) is 1. The monoisotopic (exact) mass is 342 g/mol. The van der Waals surface area contributed by atoms with Gasteiger partial charge in [0, 0.05) is 4.47 Å². The first-order chi connectivity index (χ1) is 10.2. The average Bonchev–Trinajstić information content (AvgIpc) is 2.89. The lowest BCUT2D eigenvalue weighted by molar-refractivity contribution is 0.416. The van der Waals surface area contributed by atoms with Crippen LogP contribution in [-0.2, 0) is 6.42 Å². The predicted octanol–water partition coefficient (Wildman–Crippen LogP) is 4.43. The average molecular weight is 343 g/mol. The highest BCUT2D eigenvalue weighted by atomic mass is 79.9. The lowest BCUT2D eigenvalue weighted by Gasteiger charge is -2.19. The Balaban J connectivity index is 1.95. The van der Waals surface area contributed by atoms with Crippen molar-refractivity contribution in [2.24, 2.45) is 0 Å². The number of anilines is 1. The molecule has 0 aliphatic heterocycles. The van der Waals surface area contributed by atoms with Crippen LogP contribution in [0, 0.1) is 11.3 Å². The van der Waals surface area contributed by atoms with Crippen LogP contribution in [0.1, 0.15) is 29.2 Å². The van der Waals surface area contributed by atoms with E-state index in [4.69, 9.17) is 4.74 Å². The van der Waals surface area contributed by atoms with Gasteiger partial charge in [0.25, 0.3) is 0 Å². The number of halogens is 1. The molecule has 0 amide bonds. The lowest BCUT2D eigenvalue weighted by Crippen LogP contribution is -2.09. The number of fused-ring (bicyclic) bond motifs is 1. The van der Waals surface area contributed by atoms with Gasteiger partial charge in [-0.25, -0.2) is 0 Å². The summed E-state index contributed by atoms with van der Waals surface area (Å²) in [7, 11) is 1.63. The molecule has 0 fully saturated rings. The summed E-state index contributed by atoms with van der Waals surface area (Å²) in [5.74, 6) is 0.708. The van der Waals surface area contributed by atoms with Crippen LogP contribution in [0.2, 0.25) is 0 Å². The molecule has 0 radical (unpaired) electrons. The quantitative estimate of drug-likeness (QED) is 0.897. The van der Waals surface area contributed by atoms with Crippen LogP contribution >= 0.6 is 15.9 Å². The summed E-state index contributed by atoms with van der Waals surface area (Å²) < 4.78 is 6.49. The zero-order chi connectivity index (χ0) is 14.8. The Morgan fingerprint density at radius 2 is 2.19 bits per heavy atom. The van der Waals surface area contributed by atoms with Gasteiger partial charge < -0.3 is 10.1 Å². The number of hydrogen-bond acceptors (Lipinski definition) is 3. The summed E-state index contributed by atoms with van der Waals surface area (Å²) in [6.07, 6.45) is 2.07. The third kappa shape index (κ3) is 2.62. The van der Waals surface area contributed by atoms with Crippen molar-refractivity contribution in [1.29, 1.82) is 5.26 Å². The van der Waals surface area contributed by atoms with Crippen molar-refractivity contribution in [1.82, 2.24) is 0 Å². The van der Waals surface area contributed by atoms with Crippen LogP contribution < -0.4 is 10.1 Å². The number of benzene rings is 2. The van der Waals surface area contributed by atoms with E-state index >= 15 is 0 Å². The molecule has 0 heterocycles. The molecule has 1 aliphatic rings. The van der Waals surface area contributed by atoms with Gasteiger partial charge >= 0.3 is 0 Å². The molecule has 1 N–H and O–H groups in total. The van der Waals surface area contributed by atoms with Crippen LogP contribution in [0.15, 0.2) is 40.9 Å². The Bertz CT molecular complexity index is 721. The largest absolute Gasteiger partial charge is 0.495 e. The van der Waals surface area contributed by atoms with Crippen LogP contribution in [0.3, 0.4) is 0 Å². The zero-order valence-corrected chi connectivity index (χ0v) is 13.3. The van der Waals surface area contributed by atoms with Gasteiger partial charge in [-0.3, -0.25) is 0 Å². The van der Waals surface area contributed by atoms with E-state index in [-0.39, 0.29) is 6.04 Å². The molecular weight excluding hydrogens is 328 g/mol. The molecule has 21 heavy (non-hydrogen) atoms. The van der Waals surface area contributed by atoms with Gasteiger partial charge in [-0.15, -0.1) is 0 Å². The first kappa shape index (κ1) is 14.0. The molecule has 0 spiro atoms. The van der Waals surface area contributed by atoms with Gasteiger partial charge in [0.05, 0.1) is 24.4 Å². The Labute approximate surface area is 132 Å².